The normalized spacial score (nSPS) is 27.5. The quantitative estimate of drug-likeness (QED) is 0.589. The van der Waals surface area contributed by atoms with E-state index in [0.717, 1.165) is 25.9 Å². The molecule has 2 heteroatoms. The van der Waals surface area contributed by atoms with Gasteiger partial charge in [-0.25, -0.2) is 0 Å². The molecule has 0 aromatic carbocycles. The fourth-order valence-electron chi connectivity index (χ4n) is 1.80. The third-order valence-corrected chi connectivity index (χ3v) is 2.69. The Balaban J connectivity index is 2.46. The average Bonchev–Trinajstić information content (AvgIpc) is 2.03. The molecule has 1 aliphatic rings. The maximum atomic E-state index is 12.4. The van der Waals surface area contributed by atoms with Crippen LogP contribution < -0.4 is 0 Å². The van der Waals surface area contributed by atoms with Crippen molar-refractivity contribution in [3.05, 3.63) is 0 Å². The third kappa shape index (κ3) is 2.44. The fourth-order valence-corrected chi connectivity index (χ4v) is 1.80. The number of halogens is 1. The molecule has 72 valence electrons. The molecular weight excluding hydrogens is 153 g/mol. The van der Waals surface area contributed by atoms with Crippen LogP contribution in [0.25, 0.3) is 0 Å². The van der Waals surface area contributed by atoms with Crippen molar-refractivity contribution < 1.29 is 4.39 Å². The van der Waals surface area contributed by atoms with Gasteiger partial charge in [-0.3, -0.25) is 9.29 Å². The number of likely N-dealkylation sites (tertiary alicyclic amines) is 1. The largest absolute Gasteiger partial charge is 0.298 e. The van der Waals surface area contributed by atoms with Gasteiger partial charge in [0.15, 0.2) is 0 Å². The highest BCUT2D eigenvalue weighted by molar-refractivity contribution is 4.82. The lowest BCUT2D eigenvalue weighted by Gasteiger charge is -2.41. The van der Waals surface area contributed by atoms with E-state index in [0.29, 0.717) is 0 Å². The van der Waals surface area contributed by atoms with Gasteiger partial charge in [-0.15, -0.1) is 0 Å². The molecule has 1 nitrogen and oxygen atoms in total. The number of piperidine rings is 1. The van der Waals surface area contributed by atoms with Crippen molar-refractivity contribution in [1.29, 1.82) is 0 Å². The van der Waals surface area contributed by atoms with Crippen LogP contribution in [0, 0.1) is 5.92 Å². The number of hydrogen-bond donors (Lipinski definition) is 0. The maximum Gasteiger partial charge on any atom is 0.0934 e. The first-order valence-corrected chi connectivity index (χ1v) is 4.85. The zero-order chi connectivity index (χ0) is 9.19. The van der Waals surface area contributed by atoms with Crippen LogP contribution >= 0.6 is 0 Å². The molecule has 1 atom stereocenters. The van der Waals surface area contributed by atoms with Crippen molar-refractivity contribution >= 4 is 0 Å². The van der Waals surface area contributed by atoms with Gasteiger partial charge >= 0.3 is 0 Å². The molecule has 0 N–H and O–H groups in total. The first-order valence-electron chi connectivity index (χ1n) is 4.85. The molecule has 0 radical (unpaired) electrons. The van der Waals surface area contributed by atoms with E-state index in [-0.39, 0.29) is 18.1 Å². The van der Waals surface area contributed by atoms with E-state index in [9.17, 15) is 4.39 Å². The van der Waals surface area contributed by atoms with E-state index in [1.54, 1.807) is 0 Å². The predicted molar refractivity (Wildman–Crippen MR) is 50.0 cm³/mol. The summed E-state index contributed by atoms with van der Waals surface area (Å²) >= 11 is 0. The average molecular weight is 173 g/mol. The topological polar surface area (TPSA) is 3.24 Å². The second kappa shape index (κ2) is 3.73. The van der Waals surface area contributed by atoms with Gasteiger partial charge in [0.1, 0.15) is 0 Å². The molecule has 1 heterocycles. The van der Waals surface area contributed by atoms with Crippen molar-refractivity contribution in [2.75, 3.05) is 19.8 Å². The monoisotopic (exact) mass is 173 g/mol. The van der Waals surface area contributed by atoms with Gasteiger partial charge in [-0.2, -0.15) is 0 Å². The van der Waals surface area contributed by atoms with E-state index in [2.05, 4.69) is 25.7 Å². The standard InChI is InChI=1S/C10H20FN/c1-10(2,3)12-6-4-5-9(7-11)8-12/h9H,4-8H2,1-3H3. The van der Waals surface area contributed by atoms with Gasteiger partial charge in [-0.05, 0) is 40.2 Å². The number of alkyl halides is 1. The maximum absolute atomic E-state index is 12.4. The van der Waals surface area contributed by atoms with Crippen molar-refractivity contribution in [3.8, 4) is 0 Å². The Labute approximate surface area is 74.9 Å². The molecule has 1 fully saturated rings. The SMILES string of the molecule is CC(C)(C)N1CCCC(CF)C1. The van der Waals surface area contributed by atoms with Crippen molar-refractivity contribution in [1.82, 2.24) is 4.90 Å². The van der Waals surface area contributed by atoms with Crippen molar-refractivity contribution in [2.45, 2.75) is 39.2 Å². The highest BCUT2D eigenvalue weighted by atomic mass is 19.1. The molecule has 1 rings (SSSR count). The molecule has 0 aliphatic carbocycles. The molecule has 1 aliphatic heterocycles. The molecule has 12 heavy (non-hydrogen) atoms. The summed E-state index contributed by atoms with van der Waals surface area (Å²) in [6.45, 7) is 8.54. The molecule has 1 saturated heterocycles. The Morgan fingerprint density at radius 1 is 1.42 bits per heavy atom. The highest BCUT2D eigenvalue weighted by Crippen LogP contribution is 2.23. The summed E-state index contributed by atoms with van der Waals surface area (Å²) < 4.78 is 12.4. The Morgan fingerprint density at radius 2 is 2.08 bits per heavy atom. The van der Waals surface area contributed by atoms with Gasteiger partial charge in [0.2, 0.25) is 0 Å². The van der Waals surface area contributed by atoms with Crippen LogP contribution in [0.5, 0.6) is 0 Å². The Morgan fingerprint density at radius 3 is 2.58 bits per heavy atom. The summed E-state index contributed by atoms with van der Waals surface area (Å²) in [4.78, 5) is 2.39. The van der Waals surface area contributed by atoms with E-state index >= 15 is 0 Å². The zero-order valence-electron chi connectivity index (χ0n) is 8.44. The van der Waals surface area contributed by atoms with Gasteiger partial charge < -0.3 is 0 Å². The molecule has 0 aromatic rings. The minimum absolute atomic E-state index is 0.146. The van der Waals surface area contributed by atoms with Crippen LogP contribution in [0.1, 0.15) is 33.6 Å². The van der Waals surface area contributed by atoms with Crippen LogP contribution in [0.4, 0.5) is 4.39 Å². The van der Waals surface area contributed by atoms with Crippen LogP contribution in [0.3, 0.4) is 0 Å². The smallest absolute Gasteiger partial charge is 0.0934 e. The lowest BCUT2D eigenvalue weighted by Crippen LogP contribution is -2.47. The Kier molecular flexibility index (Phi) is 3.10. The predicted octanol–water partition coefficient (Wildman–Crippen LogP) is 2.47. The number of nitrogens with zero attached hydrogens (tertiary/aromatic N) is 1. The van der Waals surface area contributed by atoms with Crippen LogP contribution in [-0.4, -0.2) is 30.2 Å². The molecule has 0 bridgehead atoms. The van der Waals surface area contributed by atoms with Crippen molar-refractivity contribution in [2.24, 2.45) is 5.92 Å². The van der Waals surface area contributed by atoms with Gasteiger partial charge in [-0.1, -0.05) is 0 Å². The summed E-state index contributed by atoms with van der Waals surface area (Å²) in [7, 11) is 0. The second-order valence-corrected chi connectivity index (χ2v) is 4.78. The van der Waals surface area contributed by atoms with Gasteiger partial charge in [0.05, 0.1) is 6.67 Å². The first kappa shape index (κ1) is 9.97. The van der Waals surface area contributed by atoms with Crippen molar-refractivity contribution in [3.63, 3.8) is 0 Å². The molecule has 0 amide bonds. The lowest BCUT2D eigenvalue weighted by molar-refractivity contribution is 0.0703. The summed E-state index contributed by atoms with van der Waals surface area (Å²) in [6.07, 6.45) is 2.23. The van der Waals surface area contributed by atoms with Gasteiger partial charge in [0, 0.05) is 18.0 Å². The molecule has 0 spiro atoms. The molecule has 1 unspecified atom stereocenters. The minimum atomic E-state index is -0.146. The number of hydrogen-bond acceptors (Lipinski definition) is 1. The zero-order valence-corrected chi connectivity index (χ0v) is 8.44. The van der Waals surface area contributed by atoms with E-state index in [1.807, 2.05) is 0 Å². The van der Waals surface area contributed by atoms with Crippen LogP contribution in [0.2, 0.25) is 0 Å². The van der Waals surface area contributed by atoms with E-state index in [4.69, 9.17) is 0 Å². The molecule has 0 saturated carbocycles. The highest BCUT2D eigenvalue weighted by Gasteiger charge is 2.27. The van der Waals surface area contributed by atoms with E-state index in [1.165, 1.54) is 0 Å². The number of rotatable bonds is 1. The molecular formula is C10H20FN. The van der Waals surface area contributed by atoms with Crippen LogP contribution in [-0.2, 0) is 0 Å². The summed E-state index contributed by atoms with van der Waals surface area (Å²) in [6, 6.07) is 0. The Hall–Kier alpha value is -0.110. The Bertz CT molecular complexity index is 139. The third-order valence-electron chi connectivity index (χ3n) is 2.69. The summed E-state index contributed by atoms with van der Waals surface area (Å²) in [5.74, 6) is 0.290. The van der Waals surface area contributed by atoms with Crippen LogP contribution in [0.15, 0.2) is 0 Å². The lowest BCUT2D eigenvalue weighted by atomic mass is 9.94. The second-order valence-electron chi connectivity index (χ2n) is 4.78. The van der Waals surface area contributed by atoms with Gasteiger partial charge in [0.25, 0.3) is 0 Å². The van der Waals surface area contributed by atoms with E-state index < -0.39 is 0 Å². The summed E-state index contributed by atoms with van der Waals surface area (Å²) in [5, 5.41) is 0. The molecule has 0 aromatic heterocycles. The first-order chi connectivity index (χ1) is 5.54. The minimum Gasteiger partial charge on any atom is -0.298 e. The fraction of sp³-hybridized carbons (Fsp3) is 1.00. The summed E-state index contributed by atoms with van der Waals surface area (Å²) in [5.41, 5.74) is 0.216.